The van der Waals surface area contributed by atoms with Crippen molar-refractivity contribution >= 4 is 11.9 Å². The van der Waals surface area contributed by atoms with Gasteiger partial charge in [0, 0.05) is 25.0 Å². The molecule has 29 heavy (non-hydrogen) atoms. The van der Waals surface area contributed by atoms with Crippen molar-refractivity contribution in [3.05, 3.63) is 71.8 Å². The Bertz CT molecular complexity index is 787. The van der Waals surface area contributed by atoms with Crippen LogP contribution >= 0.6 is 0 Å². The summed E-state index contributed by atoms with van der Waals surface area (Å²) in [6.07, 6.45) is 9.71. The summed E-state index contributed by atoms with van der Waals surface area (Å²) in [5, 5.41) is 0. The van der Waals surface area contributed by atoms with E-state index in [1.54, 1.807) is 13.0 Å². The van der Waals surface area contributed by atoms with Gasteiger partial charge in [0.1, 0.15) is 12.7 Å². The molecule has 0 aromatic heterocycles. The lowest BCUT2D eigenvalue weighted by molar-refractivity contribution is -0.162. The highest BCUT2D eigenvalue weighted by Crippen LogP contribution is 2.36. The second-order valence-electron chi connectivity index (χ2n) is 7.03. The highest BCUT2D eigenvalue weighted by molar-refractivity contribution is 5.83. The largest absolute Gasteiger partial charge is 0.458 e. The molecule has 1 aliphatic heterocycles. The van der Waals surface area contributed by atoms with Gasteiger partial charge in [0.15, 0.2) is 5.79 Å². The van der Waals surface area contributed by atoms with Crippen molar-refractivity contribution in [2.24, 2.45) is 0 Å². The minimum Gasteiger partial charge on any atom is -0.458 e. The molecule has 1 aromatic rings. The molecule has 1 aliphatic carbocycles. The molecule has 3 rings (SSSR count). The van der Waals surface area contributed by atoms with Crippen molar-refractivity contribution in [1.29, 1.82) is 0 Å². The summed E-state index contributed by atoms with van der Waals surface area (Å²) < 4.78 is 21.8. The molecular weight excluding hydrogens is 372 g/mol. The van der Waals surface area contributed by atoms with Crippen LogP contribution in [0.25, 0.3) is 0 Å². The van der Waals surface area contributed by atoms with E-state index in [4.69, 9.17) is 18.9 Å². The zero-order chi connectivity index (χ0) is 20.5. The number of esters is 2. The molecule has 154 valence electrons. The first-order valence-electron chi connectivity index (χ1n) is 9.79. The van der Waals surface area contributed by atoms with E-state index < -0.39 is 23.8 Å². The van der Waals surface area contributed by atoms with Crippen LogP contribution in [-0.4, -0.2) is 37.0 Å². The molecule has 2 aliphatic rings. The summed E-state index contributed by atoms with van der Waals surface area (Å²) in [5.41, 5.74) is 1.90. The maximum atomic E-state index is 12.0. The van der Waals surface area contributed by atoms with Gasteiger partial charge in [-0.25, -0.2) is 9.59 Å². The number of benzene rings is 1. The first-order valence-corrected chi connectivity index (χ1v) is 9.79. The molecule has 1 fully saturated rings. The highest BCUT2D eigenvalue weighted by atomic mass is 16.7. The van der Waals surface area contributed by atoms with E-state index in [1.165, 1.54) is 18.2 Å². The van der Waals surface area contributed by atoms with E-state index in [9.17, 15) is 9.59 Å². The van der Waals surface area contributed by atoms with Crippen LogP contribution in [0.4, 0.5) is 0 Å². The van der Waals surface area contributed by atoms with Crippen LogP contribution in [0.5, 0.6) is 0 Å². The third-order valence-electron chi connectivity index (χ3n) is 4.68. The summed E-state index contributed by atoms with van der Waals surface area (Å²) in [6, 6.07) is 9.41. The summed E-state index contributed by atoms with van der Waals surface area (Å²) in [7, 11) is 0. The number of rotatable bonds is 7. The first kappa shape index (κ1) is 21.0. The number of ether oxygens (including phenoxy) is 4. The lowest BCUT2D eigenvalue weighted by Gasteiger charge is -2.30. The zero-order valence-corrected chi connectivity index (χ0v) is 16.5. The molecule has 0 unspecified atom stereocenters. The lowest BCUT2D eigenvalue weighted by atomic mass is 9.93. The Morgan fingerprint density at radius 1 is 1.14 bits per heavy atom. The van der Waals surface area contributed by atoms with Crippen LogP contribution in [0.2, 0.25) is 0 Å². The highest BCUT2D eigenvalue weighted by Gasteiger charge is 2.38. The van der Waals surface area contributed by atoms with Gasteiger partial charge in [-0.1, -0.05) is 42.5 Å². The molecule has 0 amide bonds. The number of carbonyl (C=O) groups excluding carboxylic acids is 2. The summed E-state index contributed by atoms with van der Waals surface area (Å²) in [6.45, 7) is 3.10. The van der Waals surface area contributed by atoms with Gasteiger partial charge in [-0.15, -0.1) is 0 Å². The molecule has 1 saturated heterocycles. The monoisotopic (exact) mass is 398 g/mol. The van der Waals surface area contributed by atoms with E-state index in [0.717, 1.165) is 24.0 Å². The van der Waals surface area contributed by atoms with Gasteiger partial charge in [-0.2, -0.15) is 0 Å². The van der Waals surface area contributed by atoms with Crippen molar-refractivity contribution in [2.75, 3.05) is 13.2 Å². The summed E-state index contributed by atoms with van der Waals surface area (Å²) >= 11 is 0. The molecule has 0 radical (unpaired) electrons. The second kappa shape index (κ2) is 10.2. The Morgan fingerprint density at radius 2 is 1.90 bits per heavy atom. The van der Waals surface area contributed by atoms with Gasteiger partial charge >= 0.3 is 11.9 Å². The molecule has 1 aromatic carbocycles. The third kappa shape index (κ3) is 6.69. The van der Waals surface area contributed by atoms with Gasteiger partial charge in [0.2, 0.25) is 0 Å². The van der Waals surface area contributed by atoms with Crippen LogP contribution in [0.1, 0.15) is 31.7 Å². The van der Waals surface area contributed by atoms with Gasteiger partial charge < -0.3 is 18.9 Å². The van der Waals surface area contributed by atoms with E-state index in [1.807, 2.05) is 30.3 Å². The Hall–Kier alpha value is -2.70. The SMILES string of the molecule is C[C@H](/C=C/C(=O)OCc1ccccc1)OC(=O)/C=C/C1=CCCC2(C1)OCCO2. The lowest BCUT2D eigenvalue weighted by Crippen LogP contribution is -2.32. The number of allylic oxidation sites excluding steroid dienone is 2. The van der Waals surface area contributed by atoms with Gasteiger partial charge in [-0.3, -0.25) is 0 Å². The fourth-order valence-corrected chi connectivity index (χ4v) is 3.25. The van der Waals surface area contributed by atoms with Crippen LogP contribution in [0.3, 0.4) is 0 Å². The quantitative estimate of drug-likeness (QED) is 0.516. The van der Waals surface area contributed by atoms with Gasteiger partial charge in [-0.05, 0) is 30.6 Å². The molecule has 0 saturated carbocycles. The maximum Gasteiger partial charge on any atom is 0.331 e. The minimum atomic E-state index is -0.551. The molecule has 1 heterocycles. The van der Waals surface area contributed by atoms with E-state index in [-0.39, 0.29) is 6.61 Å². The van der Waals surface area contributed by atoms with Crippen molar-refractivity contribution in [3.63, 3.8) is 0 Å². The van der Waals surface area contributed by atoms with Crippen molar-refractivity contribution in [2.45, 2.75) is 44.7 Å². The molecule has 0 N–H and O–H groups in total. The molecule has 6 nitrogen and oxygen atoms in total. The fraction of sp³-hybridized carbons (Fsp3) is 0.391. The fourth-order valence-electron chi connectivity index (χ4n) is 3.25. The maximum absolute atomic E-state index is 12.0. The molecule has 6 heteroatoms. The Kier molecular flexibility index (Phi) is 7.38. The zero-order valence-electron chi connectivity index (χ0n) is 16.5. The standard InChI is InChI=1S/C23H26O6/c1-18(9-11-21(24)26-17-20-6-3-2-4-7-20)29-22(25)12-10-19-8-5-13-23(16-19)27-14-15-28-23/h2-4,6-12,18H,5,13-17H2,1H3/b11-9+,12-10+/t18-/m1/s1. The topological polar surface area (TPSA) is 71.1 Å². The summed E-state index contributed by atoms with van der Waals surface area (Å²) in [4.78, 5) is 23.8. The Labute approximate surface area is 170 Å². The molecule has 1 spiro atoms. The number of hydrogen-bond acceptors (Lipinski definition) is 6. The predicted molar refractivity (Wildman–Crippen MR) is 107 cm³/mol. The average molecular weight is 398 g/mol. The van der Waals surface area contributed by atoms with Crippen LogP contribution in [-0.2, 0) is 35.1 Å². The smallest absolute Gasteiger partial charge is 0.331 e. The molecule has 1 atom stereocenters. The van der Waals surface area contributed by atoms with Crippen molar-refractivity contribution < 1.29 is 28.5 Å². The minimum absolute atomic E-state index is 0.199. The van der Waals surface area contributed by atoms with Crippen LogP contribution in [0, 0.1) is 0 Å². The van der Waals surface area contributed by atoms with Crippen LogP contribution in [0.15, 0.2) is 66.3 Å². The predicted octanol–water partition coefficient (Wildman–Crippen LogP) is 3.63. The average Bonchev–Trinajstić information content (AvgIpc) is 3.17. The first-order chi connectivity index (χ1) is 14.0. The van der Waals surface area contributed by atoms with Gasteiger partial charge in [0.05, 0.1) is 13.2 Å². The number of hydrogen-bond donors (Lipinski definition) is 0. The van der Waals surface area contributed by atoms with E-state index >= 15 is 0 Å². The van der Waals surface area contributed by atoms with Crippen molar-refractivity contribution in [1.82, 2.24) is 0 Å². The van der Waals surface area contributed by atoms with Crippen molar-refractivity contribution in [3.8, 4) is 0 Å². The second-order valence-corrected chi connectivity index (χ2v) is 7.03. The Morgan fingerprint density at radius 3 is 2.66 bits per heavy atom. The molecular formula is C23H26O6. The number of carbonyl (C=O) groups is 2. The molecule has 0 bridgehead atoms. The summed E-state index contributed by atoms with van der Waals surface area (Å²) in [5.74, 6) is -1.50. The van der Waals surface area contributed by atoms with Crippen LogP contribution < -0.4 is 0 Å². The normalized spacial score (nSPS) is 19.4. The van der Waals surface area contributed by atoms with Gasteiger partial charge in [0.25, 0.3) is 0 Å². The Balaban J connectivity index is 1.40. The van der Waals surface area contributed by atoms with E-state index in [0.29, 0.717) is 19.6 Å². The van der Waals surface area contributed by atoms with E-state index in [2.05, 4.69) is 6.08 Å². The third-order valence-corrected chi connectivity index (χ3v) is 4.68.